The summed E-state index contributed by atoms with van der Waals surface area (Å²) in [5, 5.41) is 2.97. The fourth-order valence-electron chi connectivity index (χ4n) is 2.37. The Morgan fingerprint density at radius 2 is 2.12 bits per heavy atom. The molecule has 1 rings (SSSR count). The van der Waals surface area contributed by atoms with Crippen LogP contribution in [0.1, 0.15) is 40.0 Å². The maximum absolute atomic E-state index is 11.8. The van der Waals surface area contributed by atoms with Gasteiger partial charge in [0.15, 0.2) is 0 Å². The Labute approximate surface area is 105 Å². The van der Waals surface area contributed by atoms with Crippen molar-refractivity contribution >= 4 is 5.91 Å². The summed E-state index contributed by atoms with van der Waals surface area (Å²) in [5.74, 6) is 0.635. The largest absolute Gasteiger partial charge is 0.355 e. The third-order valence-electron chi connectivity index (χ3n) is 3.33. The molecule has 1 aliphatic heterocycles. The van der Waals surface area contributed by atoms with E-state index in [1.54, 1.807) is 0 Å². The summed E-state index contributed by atoms with van der Waals surface area (Å²) in [4.78, 5) is 14.0. The first kappa shape index (κ1) is 14.5. The van der Waals surface area contributed by atoms with Crippen LogP contribution in [0.3, 0.4) is 0 Å². The molecule has 0 aromatic heterocycles. The SMILES string of the molecule is CC(C)CNC(=O)CN1CCCCC1C(C)N. The van der Waals surface area contributed by atoms with Gasteiger partial charge in [0.2, 0.25) is 5.91 Å². The van der Waals surface area contributed by atoms with E-state index in [2.05, 4.69) is 24.1 Å². The Morgan fingerprint density at radius 3 is 2.71 bits per heavy atom. The average Bonchev–Trinajstić information content (AvgIpc) is 2.27. The fourth-order valence-corrected chi connectivity index (χ4v) is 2.37. The van der Waals surface area contributed by atoms with Crippen LogP contribution in [0.4, 0.5) is 0 Å². The minimum absolute atomic E-state index is 0.131. The minimum atomic E-state index is 0.131. The maximum Gasteiger partial charge on any atom is 0.234 e. The van der Waals surface area contributed by atoms with Crippen molar-refractivity contribution in [1.82, 2.24) is 10.2 Å². The van der Waals surface area contributed by atoms with E-state index in [0.29, 0.717) is 18.5 Å². The summed E-state index contributed by atoms with van der Waals surface area (Å²) < 4.78 is 0. The van der Waals surface area contributed by atoms with Crippen molar-refractivity contribution in [3.05, 3.63) is 0 Å². The molecule has 1 aliphatic rings. The molecule has 0 bridgehead atoms. The van der Waals surface area contributed by atoms with Crippen LogP contribution < -0.4 is 11.1 Å². The van der Waals surface area contributed by atoms with Gasteiger partial charge in [0, 0.05) is 18.6 Å². The topological polar surface area (TPSA) is 58.4 Å². The van der Waals surface area contributed by atoms with Crippen molar-refractivity contribution in [1.29, 1.82) is 0 Å². The molecule has 1 heterocycles. The molecule has 0 spiro atoms. The number of hydrogen-bond donors (Lipinski definition) is 2. The van der Waals surface area contributed by atoms with Crippen molar-refractivity contribution in [3.63, 3.8) is 0 Å². The van der Waals surface area contributed by atoms with Gasteiger partial charge in [0.1, 0.15) is 0 Å². The minimum Gasteiger partial charge on any atom is -0.355 e. The third kappa shape index (κ3) is 5.04. The number of nitrogens with zero attached hydrogens (tertiary/aromatic N) is 1. The predicted molar refractivity (Wildman–Crippen MR) is 70.7 cm³/mol. The van der Waals surface area contributed by atoms with E-state index < -0.39 is 0 Å². The molecule has 3 N–H and O–H groups in total. The van der Waals surface area contributed by atoms with Crippen LogP contribution in [0.15, 0.2) is 0 Å². The van der Waals surface area contributed by atoms with Gasteiger partial charge in [-0.2, -0.15) is 0 Å². The second-order valence-corrected chi connectivity index (χ2v) is 5.59. The zero-order valence-corrected chi connectivity index (χ0v) is 11.4. The molecule has 0 aliphatic carbocycles. The summed E-state index contributed by atoms with van der Waals surface area (Å²) in [6.07, 6.45) is 3.53. The molecule has 1 fully saturated rings. The average molecular weight is 241 g/mol. The second-order valence-electron chi connectivity index (χ2n) is 5.59. The van der Waals surface area contributed by atoms with Gasteiger partial charge in [-0.3, -0.25) is 9.69 Å². The monoisotopic (exact) mass is 241 g/mol. The smallest absolute Gasteiger partial charge is 0.234 e. The molecule has 2 atom stereocenters. The van der Waals surface area contributed by atoms with Crippen LogP contribution in [0, 0.1) is 5.92 Å². The van der Waals surface area contributed by atoms with Gasteiger partial charge >= 0.3 is 0 Å². The molecule has 0 saturated carbocycles. The molecule has 0 aromatic carbocycles. The molecule has 4 nitrogen and oxygen atoms in total. The van der Waals surface area contributed by atoms with Crippen LogP contribution in [-0.4, -0.2) is 42.5 Å². The Morgan fingerprint density at radius 1 is 1.41 bits per heavy atom. The van der Waals surface area contributed by atoms with Gasteiger partial charge in [0.25, 0.3) is 0 Å². The number of carbonyl (C=O) groups excluding carboxylic acids is 1. The van der Waals surface area contributed by atoms with Crippen molar-refractivity contribution in [2.75, 3.05) is 19.6 Å². The van der Waals surface area contributed by atoms with Crippen LogP contribution in [0.2, 0.25) is 0 Å². The van der Waals surface area contributed by atoms with E-state index >= 15 is 0 Å². The van der Waals surface area contributed by atoms with E-state index in [-0.39, 0.29) is 11.9 Å². The second kappa shape index (κ2) is 6.97. The molecule has 0 radical (unpaired) electrons. The third-order valence-corrected chi connectivity index (χ3v) is 3.33. The van der Waals surface area contributed by atoms with Crippen molar-refractivity contribution < 1.29 is 4.79 Å². The molecule has 17 heavy (non-hydrogen) atoms. The quantitative estimate of drug-likeness (QED) is 0.754. The Kier molecular flexibility index (Phi) is 5.92. The zero-order valence-electron chi connectivity index (χ0n) is 11.4. The first-order chi connectivity index (χ1) is 8.00. The number of carbonyl (C=O) groups is 1. The fraction of sp³-hybridized carbons (Fsp3) is 0.923. The molecular weight excluding hydrogens is 214 g/mol. The normalized spacial score (nSPS) is 23.7. The lowest BCUT2D eigenvalue weighted by molar-refractivity contribution is -0.123. The van der Waals surface area contributed by atoms with Gasteiger partial charge < -0.3 is 11.1 Å². The Bertz CT molecular complexity index is 241. The highest BCUT2D eigenvalue weighted by molar-refractivity contribution is 5.78. The molecule has 1 amide bonds. The lowest BCUT2D eigenvalue weighted by Gasteiger charge is -2.37. The molecule has 2 unspecified atom stereocenters. The van der Waals surface area contributed by atoms with Crippen molar-refractivity contribution in [3.8, 4) is 0 Å². The van der Waals surface area contributed by atoms with Gasteiger partial charge in [-0.25, -0.2) is 0 Å². The van der Waals surface area contributed by atoms with E-state index in [1.807, 2.05) is 6.92 Å². The summed E-state index contributed by atoms with van der Waals surface area (Å²) in [6.45, 7) is 8.50. The number of hydrogen-bond acceptors (Lipinski definition) is 3. The lowest BCUT2D eigenvalue weighted by atomic mass is 9.97. The summed E-state index contributed by atoms with van der Waals surface area (Å²) >= 11 is 0. The zero-order chi connectivity index (χ0) is 12.8. The summed E-state index contributed by atoms with van der Waals surface area (Å²) in [5.41, 5.74) is 5.98. The van der Waals surface area contributed by atoms with E-state index in [0.717, 1.165) is 19.5 Å². The molecule has 4 heteroatoms. The number of rotatable bonds is 5. The predicted octanol–water partition coefficient (Wildman–Crippen LogP) is 0.960. The number of nitrogens with one attached hydrogen (secondary N) is 1. The van der Waals surface area contributed by atoms with Crippen molar-refractivity contribution in [2.45, 2.75) is 52.1 Å². The van der Waals surface area contributed by atoms with Crippen LogP contribution in [0.25, 0.3) is 0 Å². The van der Waals surface area contributed by atoms with E-state index in [4.69, 9.17) is 5.73 Å². The molecular formula is C13H27N3O. The van der Waals surface area contributed by atoms with Crippen LogP contribution >= 0.6 is 0 Å². The van der Waals surface area contributed by atoms with E-state index in [1.165, 1.54) is 12.8 Å². The maximum atomic E-state index is 11.8. The standard InChI is InChI=1S/C13H27N3O/c1-10(2)8-15-13(17)9-16-7-5-4-6-12(16)11(3)14/h10-12H,4-9,14H2,1-3H3,(H,15,17). The summed E-state index contributed by atoms with van der Waals surface area (Å²) in [7, 11) is 0. The summed E-state index contributed by atoms with van der Waals surface area (Å²) in [6, 6.07) is 0.516. The van der Waals surface area contributed by atoms with E-state index in [9.17, 15) is 4.79 Å². The highest BCUT2D eigenvalue weighted by Gasteiger charge is 2.26. The number of amides is 1. The Hall–Kier alpha value is -0.610. The van der Waals surface area contributed by atoms with Gasteiger partial charge in [-0.1, -0.05) is 20.3 Å². The lowest BCUT2D eigenvalue weighted by Crippen LogP contribution is -2.52. The molecule has 0 aromatic rings. The first-order valence-corrected chi connectivity index (χ1v) is 6.77. The van der Waals surface area contributed by atoms with Gasteiger partial charge in [-0.15, -0.1) is 0 Å². The highest BCUT2D eigenvalue weighted by atomic mass is 16.2. The van der Waals surface area contributed by atoms with Gasteiger partial charge in [0.05, 0.1) is 6.54 Å². The van der Waals surface area contributed by atoms with Crippen LogP contribution in [-0.2, 0) is 4.79 Å². The van der Waals surface area contributed by atoms with Crippen molar-refractivity contribution in [2.24, 2.45) is 11.7 Å². The highest BCUT2D eigenvalue weighted by Crippen LogP contribution is 2.18. The number of nitrogens with two attached hydrogens (primary N) is 1. The Balaban J connectivity index is 2.39. The van der Waals surface area contributed by atoms with Gasteiger partial charge in [-0.05, 0) is 32.2 Å². The molecule has 1 saturated heterocycles. The van der Waals surface area contributed by atoms with Crippen LogP contribution in [0.5, 0.6) is 0 Å². The first-order valence-electron chi connectivity index (χ1n) is 6.77. The number of piperidine rings is 1. The molecule has 100 valence electrons. The number of likely N-dealkylation sites (tertiary alicyclic amines) is 1.